The van der Waals surface area contributed by atoms with Crippen molar-refractivity contribution in [2.24, 2.45) is 40.4 Å². The molecule has 2 aromatic heterocycles. The third-order valence-corrected chi connectivity index (χ3v) is 16.1. The number of carbonyl (C=O) groups excluding carboxylic acids is 3. The van der Waals surface area contributed by atoms with E-state index in [9.17, 15) is 24.3 Å². The molecule has 354 valence electrons. The van der Waals surface area contributed by atoms with Gasteiger partial charge in [-0.2, -0.15) is 0 Å². The largest absolute Gasteiger partial charge is 0.491 e. The predicted molar refractivity (Wildman–Crippen MR) is 251 cm³/mol. The van der Waals surface area contributed by atoms with Crippen LogP contribution in [0.1, 0.15) is 105 Å². The standard InChI is InChI=1S/C50H68ClN5O8S/c1-8-32-25-50(32,48(60)61)26-40(57)39-22-34(27-56(39)47(59)36(49(5,6)7)23-44(58)64-33-20-30-19-31(30)21-33)63-42-24-37(38-28-65-43(52-38)18-29(3)4)53-46-35(42)10-11-41(45(46)51)62-17-16-55-14-12-54(9-2)13-15-55/h10-11,24,28-34,36,39H,8-9,12-23,25-27H2,1-7H3,(H,60,61)/t30-,31+,32-,33?,34-,36-,39+,50-/m1/s1. The zero-order valence-corrected chi connectivity index (χ0v) is 40.8. The number of aliphatic carboxylic acids is 1. The monoisotopic (exact) mass is 933 g/mol. The molecule has 0 spiro atoms. The zero-order valence-electron chi connectivity index (χ0n) is 39.3. The SMILES string of the molecule is CC[C@@H]1C[C@]1(CC(=O)[C@@H]1C[C@@H](Oc2cc(-c3csc(CC(C)C)n3)nc3c(Cl)c(OCCN4CCN(CC)CC4)ccc23)CN1C(=O)[C@@H](CC(=O)OC1C[C@@H]2C[C@@H]2C1)C(C)(C)C)C(=O)O. The van der Waals surface area contributed by atoms with E-state index < -0.39 is 40.8 Å². The smallest absolute Gasteiger partial charge is 0.310 e. The number of carbonyl (C=O) groups is 4. The average Bonchev–Trinajstić information content (AvgIpc) is 3.93. The number of hydrogen-bond donors (Lipinski definition) is 1. The first-order valence-corrected chi connectivity index (χ1v) is 25.3. The highest BCUT2D eigenvalue weighted by molar-refractivity contribution is 7.09. The number of ether oxygens (including phenoxy) is 3. The van der Waals surface area contributed by atoms with Crippen LogP contribution in [0.4, 0.5) is 0 Å². The van der Waals surface area contributed by atoms with Crippen LogP contribution >= 0.6 is 22.9 Å². The summed E-state index contributed by atoms with van der Waals surface area (Å²) in [5.74, 6) is -0.236. The summed E-state index contributed by atoms with van der Waals surface area (Å²) in [7, 11) is 0. The Morgan fingerprint density at radius 1 is 0.954 bits per heavy atom. The average molecular weight is 935 g/mol. The van der Waals surface area contributed by atoms with Crippen LogP contribution in [0.15, 0.2) is 23.6 Å². The Labute approximate surface area is 392 Å². The van der Waals surface area contributed by atoms with Crippen molar-refractivity contribution in [2.75, 3.05) is 52.4 Å². The van der Waals surface area contributed by atoms with E-state index in [2.05, 4.69) is 30.6 Å². The lowest BCUT2D eigenvalue weighted by Crippen LogP contribution is -2.48. The van der Waals surface area contributed by atoms with E-state index in [0.29, 0.717) is 76.0 Å². The lowest BCUT2D eigenvalue weighted by Gasteiger charge is -2.35. The molecule has 3 aliphatic carbocycles. The van der Waals surface area contributed by atoms with Gasteiger partial charge < -0.3 is 29.1 Å². The van der Waals surface area contributed by atoms with Gasteiger partial charge in [0.2, 0.25) is 5.91 Å². The number of hydrogen-bond acceptors (Lipinski definition) is 12. The number of esters is 1. The van der Waals surface area contributed by atoms with Crippen molar-refractivity contribution in [3.63, 3.8) is 0 Å². The number of ketones is 1. The highest BCUT2D eigenvalue weighted by Crippen LogP contribution is 2.58. The summed E-state index contributed by atoms with van der Waals surface area (Å²) in [5, 5.41) is 14.3. The molecule has 15 heteroatoms. The van der Waals surface area contributed by atoms with E-state index in [-0.39, 0.29) is 49.5 Å². The second-order valence-corrected chi connectivity index (χ2v) is 22.3. The van der Waals surface area contributed by atoms with Crippen LogP contribution in [-0.2, 0) is 30.3 Å². The van der Waals surface area contributed by atoms with Crippen LogP contribution in [0.3, 0.4) is 0 Å². The van der Waals surface area contributed by atoms with Gasteiger partial charge in [-0.15, -0.1) is 11.3 Å². The van der Waals surface area contributed by atoms with Crippen LogP contribution in [-0.4, -0.2) is 124 Å². The summed E-state index contributed by atoms with van der Waals surface area (Å²) < 4.78 is 19.2. The summed E-state index contributed by atoms with van der Waals surface area (Å²) in [6.45, 7) is 20.6. The lowest BCUT2D eigenvalue weighted by atomic mass is 9.77. The number of nitrogens with zero attached hydrogens (tertiary/aromatic N) is 5. The minimum atomic E-state index is -1.15. The minimum absolute atomic E-state index is 0.0654. The van der Waals surface area contributed by atoms with Crippen molar-refractivity contribution < 1.29 is 38.5 Å². The number of likely N-dealkylation sites (tertiary alicyclic amines) is 1. The molecule has 3 saturated carbocycles. The molecule has 65 heavy (non-hydrogen) atoms. The topological polar surface area (TPSA) is 152 Å². The Hall–Kier alpha value is -3.85. The molecule has 2 saturated heterocycles. The van der Waals surface area contributed by atoms with Gasteiger partial charge in [-0.1, -0.05) is 66.5 Å². The first kappa shape index (κ1) is 47.6. The molecule has 1 amide bonds. The van der Waals surface area contributed by atoms with Crippen molar-refractivity contribution in [3.8, 4) is 22.9 Å². The molecule has 4 heterocycles. The van der Waals surface area contributed by atoms with Gasteiger partial charge in [0.15, 0.2) is 5.78 Å². The van der Waals surface area contributed by atoms with Gasteiger partial charge in [0, 0.05) is 68.8 Å². The van der Waals surface area contributed by atoms with E-state index >= 15 is 0 Å². The Morgan fingerprint density at radius 2 is 1.68 bits per heavy atom. The van der Waals surface area contributed by atoms with Gasteiger partial charge >= 0.3 is 11.9 Å². The van der Waals surface area contributed by atoms with Crippen molar-refractivity contribution in [3.05, 3.63) is 33.6 Å². The van der Waals surface area contributed by atoms with Gasteiger partial charge in [0.25, 0.3) is 0 Å². The fourth-order valence-electron chi connectivity index (χ4n) is 10.7. The Bertz CT molecular complexity index is 2240. The first-order chi connectivity index (χ1) is 31.0. The Kier molecular flexibility index (Phi) is 14.2. The summed E-state index contributed by atoms with van der Waals surface area (Å²) in [6.07, 6.45) is 3.94. The first-order valence-electron chi connectivity index (χ1n) is 24.0. The molecule has 1 aromatic carbocycles. The van der Waals surface area contributed by atoms with Crippen LogP contribution in [0, 0.1) is 40.4 Å². The summed E-state index contributed by atoms with van der Waals surface area (Å²) >= 11 is 8.76. The molecule has 5 aliphatic rings. The molecule has 8 rings (SSSR count). The maximum Gasteiger partial charge on any atom is 0.310 e. The number of amides is 1. The quantitative estimate of drug-likeness (QED) is 0.115. The van der Waals surface area contributed by atoms with Crippen LogP contribution < -0.4 is 9.47 Å². The normalized spacial score (nSPS) is 27.2. The number of aromatic nitrogens is 2. The number of halogens is 1. The number of pyridine rings is 1. The van der Waals surface area contributed by atoms with Crippen LogP contribution in [0.25, 0.3) is 22.3 Å². The van der Waals surface area contributed by atoms with E-state index in [0.717, 1.165) is 63.5 Å². The van der Waals surface area contributed by atoms with Gasteiger partial charge in [0.05, 0.1) is 52.3 Å². The van der Waals surface area contributed by atoms with E-state index in [1.165, 1.54) is 6.42 Å². The van der Waals surface area contributed by atoms with Gasteiger partial charge in [0.1, 0.15) is 35.3 Å². The number of benzene rings is 1. The van der Waals surface area contributed by atoms with Gasteiger partial charge in [-0.25, -0.2) is 9.97 Å². The number of thiazole rings is 1. The molecule has 1 unspecified atom stereocenters. The molecule has 5 fully saturated rings. The molecule has 3 aromatic rings. The number of Topliss-reactive ketones (excluding diaryl/α,β-unsaturated/α-hetero) is 1. The number of fused-ring (bicyclic) bond motifs is 2. The minimum Gasteiger partial charge on any atom is -0.491 e. The highest BCUT2D eigenvalue weighted by atomic mass is 35.5. The fourth-order valence-corrected chi connectivity index (χ4v) is 11.9. The van der Waals surface area contributed by atoms with Crippen molar-refractivity contribution in [1.82, 2.24) is 24.7 Å². The third-order valence-electron chi connectivity index (χ3n) is 14.9. The number of rotatable bonds is 19. The number of piperazine rings is 1. The second kappa shape index (κ2) is 19.4. The molecular formula is C50H68ClN5O8S. The molecule has 1 N–H and O–H groups in total. The van der Waals surface area contributed by atoms with E-state index in [1.54, 1.807) is 16.2 Å². The summed E-state index contributed by atoms with van der Waals surface area (Å²) in [6, 6.07) is 4.63. The van der Waals surface area contributed by atoms with Crippen LogP contribution in [0.2, 0.25) is 5.02 Å². The van der Waals surface area contributed by atoms with Crippen molar-refractivity contribution >= 4 is 57.5 Å². The third kappa shape index (κ3) is 10.7. The zero-order chi connectivity index (χ0) is 46.4. The lowest BCUT2D eigenvalue weighted by molar-refractivity contribution is -0.157. The maximum atomic E-state index is 14.9. The molecule has 0 bridgehead atoms. The Balaban J connectivity index is 1.08. The summed E-state index contributed by atoms with van der Waals surface area (Å²) in [4.78, 5) is 72.0. The van der Waals surface area contributed by atoms with Crippen molar-refractivity contribution in [1.29, 1.82) is 0 Å². The van der Waals surface area contributed by atoms with Gasteiger partial charge in [-0.05, 0) is 73.4 Å². The molecular weight excluding hydrogens is 866 g/mol. The molecule has 8 atom stereocenters. The predicted octanol–water partition coefficient (Wildman–Crippen LogP) is 8.43. The maximum absolute atomic E-state index is 14.9. The van der Waals surface area contributed by atoms with Crippen LogP contribution in [0.5, 0.6) is 11.5 Å². The second-order valence-electron chi connectivity index (χ2n) is 21.0. The van der Waals surface area contributed by atoms with E-state index in [4.69, 9.17) is 35.8 Å². The van der Waals surface area contributed by atoms with Crippen molar-refractivity contribution in [2.45, 2.75) is 125 Å². The number of likely N-dealkylation sites (N-methyl/N-ethyl adjacent to an activating group) is 1. The fraction of sp³-hybridized carbons (Fsp3) is 0.680. The van der Waals surface area contributed by atoms with E-state index in [1.807, 2.05) is 51.3 Å². The molecule has 2 aliphatic heterocycles. The molecule has 0 radical (unpaired) electrons. The number of carboxylic acid groups (broad SMARTS) is 1. The number of carboxylic acids is 1. The summed E-state index contributed by atoms with van der Waals surface area (Å²) in [5.41, 5.74) is -0.0538. The molecule has 13 nitrogen and oxygen atoms in total. The van der Waals surface area contributed by atoms with Gasteiger partial charge in [-0.3, -0.25) is 24.1 Å². The highest BCUT2D eigenvalue weighted by Gasteiger charge is 2.61. The Morgan fingerprint density at radius 3 is 2.32 bits per heavy atom.